The maximum Gasteiger partial charge on any atom is 0.396 e. The molecule has 7 heteroatoms. The van der Waals surface area contributed by atoms with Crippen molar-refractivity contribution in [1.29, 1.82) is 0 Å². The van der Waals surface area contributed by atoms with E-state index in [-0.39, 0.29) is 5.88 Å². The third-order valence-electron chi connectivity index (χ3n) is 5.03. The van der Waals surface area contributed by atoms with Gasteiger partial charge in [-0.1, -0.05) is 37.5 Å². The minimum atomic E-state index is -0.764. The lowest BCUT2D eigenvalue weighted by molar-refractivity contribution is -0.387. The summed E-state index contributed by atoms with van der Waals surface area (Å²) in [5.41, 5.74) is 0.111. The van der Waals surface area contributed by atoms with Crippen LogP contribution in [-0.4, -0.2) is 14.3 Å². The third kappa shape index (κ3) is 3.40. The molecule has 4 rings (SSSR count). The van der Waals surface area contributed by atoms with Gasteiger partial charge >= 0.3 is 17.1 Å². The van der Waals surface area contributed by atoms with Gasteiger partial charge in [-0.05, 0) is 48.6 Å². The molecule has 1 aromatic carbocycles. The molecule has 0 radical (unpaired) electrons. The Morgan fingerprint density at radius 2 is 1.81 bits per heavy atom. The van der Waals surface area contributed by atoms with E-state index in [1.165, 1.54) is 43.9 Å². The number of rotatable bonds is 4. The van der Waals surface area contributed by atoms with Gasteiger partial charge in [0.1, 0.15) is 11.4 Å². The van der Waals surface area contributed by atoms with Gasteiger partial charge in [0.15, 0.2) is 0 Å². The average molecular weight is 365 g/mol. The van der Waals surface area contributed by atoms with Crippen LogP contribution >= 0.6 is 0 Å². The molecule has 1 fully saturated rings. The molecule has 1 aliphatic rings. The van der Waals surface area contributed by atoms with E-state index in [9.17, 15) is 14.9 Å². The predicted molar refractivity (Wildman–Crippen MR) is 100 cm³/mol. The summed E-state index contributed by atoms with van der Waals surface area (Å²) in [6, 6.07) is 12.5. The van der Waals surface area contributed by atoms with Gasteiger partial charge in [0.2, 0.25) is 0 Å². The fourth-order valence-corrected chi connectivity index (χ4v) is 3.64. The second-order valence-electron chi connectivity index (χ2n) is 6.76. The van der Waals surface area contributed by atoms with E-state index in [1.54, 1.807) is 30.3 Å². The van der Waals surface area contributed by atoms with E-state index < -0.39 is 16.2 Å². The first-order valence-corrected chi connectivity index (χ1v) is 9.07. The third-order valence-corrected chi connectivity index (χ3v) is 5.03. The van der Waals surface area contributed by atoms with E-state index in [0.29, 0.717) is 17.3 Å². The van der Waals surface area contributed by atoms with Crippen molar-refractivity contribution in [2.75, 3.05) is 0 Å². The molecule has 138 valence electrons. The van der Waals surface area contributed by atoms with E-state index in [2.05, 4.69) is 4.98 Å². The second-order valence-corrected chi connectivity index (χ2v) is 6.76. The minimum absolute atomic E-state index is 0.290. The highest BCUT2D eigenvalue weighted by Gasteiger charge is 2.25. The summed E-state index contributed by atoms with van der Waals surface area (Å²) >= 11 is 0. The number of hydrogen-bond acceptors (Lipinski definition) is 5. The molecular weight excluding hydrogens is 346 g/mol. The zero-order valence-electron chi connectivity index (χ0n) is 14.7. The van der Waals surface area contributed by atoms with Crippen molar-refractivity contribution in [1.82, 2.24) is 9.38 Å². The molecule has 7 nitrogen and oxygen atoms in total. The van der Waals surface area contributed by atoms with Gasteiger partial charge in [-0.25, -0.2) is 0 Å². The zero-order chi connectivity index (χ0) is 18.8. The Balaban J connectivity index is 1.67. The Hall–Kier alpha value is -3.22. The summed E-state index contributed by atoms with van der Waals surface area (Å²) in [6.07, 6.45) is 7.62. The van der Waals surface area contributed by atoms with Crippen LogP contribution in [0.5, 0.6) is 11.6 Å². The van der Waals surface area contributed by atoms with E-state index >= 15 is 0 Å². The number of nitrogens with zero attached hydrogens (tertiary/aromatic N) is 3. The van der Waals surface area contributed by atoms with Crippen molar-refractivity contribution >= 4 is 11.3 Å². The van der Waals surface area contributed by atoms with Gasteiger partial charge in [-0.3, -0.25) is 19.3 Å². The molecule has 0 spiro atoms. The number of ether oxygens (including phenoxy) is 1. The van der Waals surface area contributed by atoms with Gasteiger partial charge in [0.25, 0.3) is 0 Å². The molecule has 0 atom stereocenters. The van der Waals surface area contributed by atoms with Crippen LogP contribution in [0.4, 0.5) is 5.69 Å². The Bertz CT molecular complexity index is 1040. The Kier molecular flexibility index (Phi) is 4.58. The van der Waals surface area contributed by atoms with Gasteiger partial charge in [-0.2, -0.15) is 4.98 Å². The summed E-state index contributed by atoms with van der Waals surface area (Å²) in [6.45, 7) is 0. The van der Waals surface area contributed by atoms with Crippen LogP contribution in [0.15, 0.2) is 53.5 Å². The number of benzene rings is 1. The van der Waals surface area contributed by atoms with Crippen molar-refractivity contribution in [2.45, 2.75) is 38.0 Å². The van der Waals surface area contributed by atoms with E-state index in [4.69, 9.17) is 4.74 Å². The maximum atomic E-state index is 12.4. The van der Waals surface area contributed by atoms with Gasteiger partial charge in [0.05, 0.1) is 4.92 Å². The summed E-state index contributed by atoms with van der Waals surface area (Å²) < 4.78 is 6.77. The predicted octanol–water partition coefficient (Wildman–Crippen LogP) is 4.44. The number of hydrogen-bond donors (Lipinski definition) is 0. The lowest BCUT2D eigenvalue weighted by Crippen LogP contribution is -2.19. The van der Waals surface area contributed by atoms with Gasteiger partial charge < -0.3 is 4.74 Å². The first kappa shape index (κ1) is 17.2. The first-order valence-electron chi connectivity index (χ1n) is 9.07. The van der Waals surface area contributed by atoms with Crippen molar-refractivity contribution in [3.63, 3.8) is 0 Å². The molecular formula is C20H19N3O4. The van der Waals surface area contributed by atoms with E-state index in [0.717, 1.165) is 4.40 Å². The number of pyridine rings is 1. The lowest BCUT2D eigenvalue weighted by atomic mass is 9.84. The van der Waals surface area contributed by atoms with Crippen LogP contribution < -0.4 is 10.3 Å². The second kappa shape index (κ2) is 7.19. The van der Waals surface area contributed by atoms with Crippen LogP contribution in [-0.2, 0) is 0 Å². The smallest absolute Gasteiger partial charge is 0.396 e. The average Bonchev–Trinajstić information content (AvgIpc) is 2.69. The highest BCUT2D eigenvalue weighted by Crippen LogP contribution is 2.34. The number of aromatic nitrogens is 2. The number of fused-ring (bicyclic) bond motifs is 1. The fourth-order valence-electron chi connectivity index (χ4n) is 3.64. The van der Waals surface area contributed by atoms with Gasteiger partial charge in [-0.15, -0.1) is 0 Å². The van der Waals surface area contributed by atoms with Crippen LogP contribution in [0.2, 0.25) is 0 Å². The fraction of sp³-hybridized carbons (Fsp3) is 0.300. The topological polar surface area (TPSA) is 86.7 Å². The molecule has 1 saturated carbocycles. The van der Waals surface area contributed by atoms with E-state index in [1.807, 2.05) is 12.1 Å². The largest absolute Gasteiger partial charge is 0.433 e. The SMILES string of the molecule is O=c1c([N+](=O)[O-])c(Oc2ccc(C3CCCCC3)cc2)nc2ccccn12. The summed E-state index contributed by atoms with van der Waals surface area (Å²) in [5, 5.41) is 11.4. The molecule has 0 saturated heterocycles. The monoisotopic (exact) mass is 365 g/mol. The Morgan fingerprint density at radius 1 is 1.07 bits per heavy atom. The van der Waals surface area contributed by atoms with Crippen molar-refractivity contribution in [3.05, 3.63) is 74.7 Å². The normalized spacial score (nSPS) is 15.0. The molecule has 1 aliphatic carbocycles. The molecule has 0 bridgehead atoms. The molecule has 0 amide bonds. The minimum Gasteiger partial charge on any atom is -0.433 e. The van der Waals surface area contributed by atoms with Crippen molar-refractivity contribution < 1.29 is 9.66 Å². The van der Waals surface area contributed by atoms with Crippen molar-refractivity contribution in [3.8, 4) is 11.6 Å². The van der Waals surface area contributed by atoms with Crippen LogP contribution in [0.3, 0.4) is 0 Å². The summed E-state index contributed by atoms with van der Waals surface area (Å²) in [7, 11) is 0. The van der Waals surface area contributed by atoms with Crippen LogP contribution in [0, 0.1) is 10.1 Å². The molecule has 2 heterocycles. The van der Waals surface area contributed by atoms with Gasteiger partial charge in [0, 0.05) is 6.20 Å². The Labute approximate surface area is 155 Å². The highest BCUT2D eigenvalue weighted by atomic mass is 16.6. The quantitative estimate of drug-likeness (QED) is 0.504. The van der Waals surface area contributed by atoms with Crippen LogP contribution in [0.25, 0.3) is 5.65 Å². The first-order chi connectivity index (χ1) is 13.1. The standard InChI is InChI=1S/C20H19N3O4/c24-20-18(23(25)26)19(21-17-8-4-5-13-22(17)20)27-16-11-9-15(10-12-16)14-6-2-1-3-7-14/h4-5,8-14H,1-3,6-7H2. The van der Waals surface area contributed by atoms with Crippen LogP contribution in [0.1, 0.15) is 43.6 Å². The molecule has 27 heavy (non-hydrogen) atoms. The molecule has 0 unspecified atom stereocenters. The van der Waals surface area contributed by atoms with Crippen molar-refractivity contribution in [2.24, 2.45) is 0 Å². The molecule has 0 N–H and O–H groups in total. The summed E-state index contributed by atoms with van der Waals surface area (Å²) in [4.78, 5) is 27.3. The maximum absolute atomic E-state index is 12.4. The highest BCUT2D eigenvalue weighted by molar-refractivity contribution is 5.50. The zero-order valence-corrected chi connectivity index (χ0v) is 14.7. The summed E-state index contributed by atoms with van der Waals surface area (Å²) in [5.74, 6) is 0.692. The lowest BCUT2D eigenvalue weighted by Gasteiger charge is -2.22. The molecule has 2 aromatic heterocycles. The number of nitro groups is 1. The Morgan fingerprint density at radius 3 is 2.52 bits per heavy atom. The molecule has 3 aromatic rings. The molecule has 0 aliphatic heterocycles.